The molecule has 0 aliphatic carbocycles. The van der Waals surface area contributed by atoms with E-state index < -0.39 is 0 Å². The number of nitrogens with one attached hydrogen (secondary N) is 1. The molecule has 0 amide bonds. The van der Waals surface area contributed by atoms with Crippen molar-refractivity contribution >= 4 is 23.3 Å². The molecule has 1 aliphatic heterocycles. The number of aromatic nitrogens is 1. The number of hydrogen-bond acceptors (Lipinski definition) is 2. The molecule has 1 aliphatic rings. The van der Waals surface area contributed by atoms with Gasteiger partial charge in [-0.1, -0.05) is 13.8 Å². The number of methoxy groups -OCH3 is 1. The fraction of sp³-hybridized carbons (Fsp3) is 0.579. The van der Waals surface area contributed by atoms with Crippen molar-refractivity contribution in [2.24, 2.45) is 5.92 Å². The third-order valence-corrected chi connectivity index (χ3v) is 4.67. The summed E-state index contributed by atoms with van der Waals surface area (Å²) in [4.78, 5) is 0. The smallest absolute Gasteiger partial charge is 0.119 e. The molecule has 1 aromatic heterocycles. The second-order valence-corrected chi connectivity index (χ2v) is 6.97. The fourth-order valence-electron chi connectivity index (χ4n) is 3.57. The molecule has 2 heterocycles. The number of halogens is 1. The molecule has 0 radical (unpaired) electrons. The molecule has 3 rings (SSSR count). The van der Waals surface area contributed by atoms with Gasteiger partial charge in [0.15, 0.2) is 0 Å². The predicted octanol–water partition coefficient (Wildman–Crippen LogP) is 4.19. The Morgan fingerprint density at radius 1 is 1.26 bits per heavy atom. The van der Waals surface area contributed by atoms with E-state index in [4.69, 9.17) is 4.74 Å². The average Bonchev–Trinajstić information content (AvgIpc) is 3.07. The third kappa shape index (κ3) is 3.67. The van der Waals surface area contributed by atoms with Gasteiger partial charge in [-0.3, -0.25) is 0 Å². The minimum absolute atomic E-state index is 0. The van der Waals surface area contributed by atoms with E-state index in [9.17, 15) is 0 Å². The maximum Gasteiger partial charge on any atom is 0.119 e. The lowest BCUT2D eigenvalue weighted by molar-refractivity contribution is 0.415. The van der Waals surface area contributed by atoms with Crippen molar-refractivity contribution in [3.8, 4) is 5.75 Å². The van der Waals surface area contributed by atoms with Gasteiger partial charge in [-0.2, -0.15) is 0 Å². The molecule has 0 saturated carbocycles. The van der Waals surface area contributed by atoms with Gasteiger partial charge in [-0.05, 0) is 62.4 Å². The Hall–Kier alpha value is -1.19. The first-order valence-corrected chi connectivity index (χ1v) is 8.51. The van der Waals surface area contributed by atoms with Crippen molar-refractivity contribution in [1.29, 1.82) is 0 Å². The summed E-state index contributed by atoms with van der Waals surface area (Å²) in [5.41, 5.74) is 4.44. The van der Waals surface area contributed by atoms with E-state index in [1.54, 1.807) is 12.8 Å². The molecule has 1 aromatic carbocycles. The molecule has 0 spiro atoms. The highest BCUT2D eigenvalue weighted by molar-refractivity contribution is 5.87. The molecule has 128 valence electrons. The lowest BCUT2D eigenvalue weighted by Crippen LogP contribution is -2.31. The second kappa shape index (κ2) is 7.59. The average molecular weight is 337 g/mol. The molecule has 1 N–H and O–H groups in total. The molecule has 3 nitrogen and oxygen atoms in total. The molecule has 4 heteroatoms. The van der Waals surface area contributed by atoms with Crippen molar-refractivity contribution in [1.82, 2.24) is 9.88 Å². The van der Waals surface area contributed by atoms with Crippen LogP contribution in [-0.4, -0.2) is 24.3 Å². The van der Waals surface area contributed by atoms with Crippen LogP contribution in [0.3, 0.4) is 0 Å². The zero-order chi connectivity index (χ0) is 15.7. The van der Waals surface area contributed by atoms with Crippen LogP contribution in [0.4, 0.5) is 0 Å². The Morgan fingerprint density at radius 3 is 2.74 bits per heavy atom. The Bertz CT molecular complexity index is 663. The summed E-state index contributed by atoms with van der Waals surface area (Å²) in [5.74, 6) is 1.65. The van der Waals surface area contributed by atoms with E-state index in [-0.39, 0.29) is 12.4 Å². The van der Waals surface area contributed by atoms with Gasteiger partial charge in [-0.25, -0.2) is 0 Å². The van der Waals surface area contributed by atoms with Gasteiger partial charge in [0.05, 0.1) is 7.11 Å². The number of rotatable bonds is 6. The maximum atomic E-state index is 5.44. The minimum atomic E-state index is 0. The molecule has 0 fully saturated rings. The highest BCUT2D eigenvalue weighted by Crippen LogP contribution is 2.34. The number of ether oxygens (including phenoxy) is 1. The second-order valence-electron chi connectivity index (χ2n) is 6.97. The van der Waals surface area contributed by atoms with Crippen LogP contribution in [0.15, 0.2) is 18.2 Å². The zero-order valence-electron chi connectivity index (χ0n) is 14.7. The van der Waals surface area contributed by atoms with E-state index in [0.717, 1.165) is 25.3 Å². The first-order chi connectivity index (χ1) is 10.6. The molecule has 1 atom stereocenters. The van der Waals surface area contributed by atoms with Crippen LogP contribution in [0.25, 0.3) is 10.9 Å². The molecule has 23 heavy (non-hydrogen) atoms. The molecule has 0 bridgehead atoms. The largest absolute Gasteiger partial charge is 0.497 e. The van der Waals surface area contributed by atoms with Gasteiger partial charge in [0.2, 0.25) is 0 Å². The number of nitrogens with zero attached hydrogens (tertiary/aromatic N) is 1. The van der Waals surface area contributed by atoms with Crippen molar-refractivity contribution in [3.63, 3.8) is 0 Å². The van der Waals surface area contributed by atoms with Gasteiger partial charge in [0.25, 0.3) is 0 Å². The van der Waals surface area contributed by atoms with Crippen molar-refractivity contribution < 1.29 is 4.74 Å². The number of hydrogen-bond donors (Lipinski definition) is 1. The maximum absolute atomic E-state index is 5.44. The van der Waals surface area contributed by atoms with Crippen LogP contribution >= 0.6 is 12.4 Å². The first-order valence-electron chi connectivity index (χ1n) is 8.51. The summed E-state index contributed by atoms with van der Waals surface area (Å²) in [6.07, 6.45) is 3.58. The molecule has 2 aromatic rings. The van der Waals surface area contributed by atoms with Crippen LogP contribution in [0.1, 0.15) is 38.4 Å². The normalized spacial score (nSPS) is 14.8. The minimum Gasteiger partial charge on any atom is -0.497 e. The topological polar surface area (TPSA) is 26.2 Å². The lowest BCUT2D eigenvalue weighted by Gasteiger charge is -2.16. The summed E-state index contributed by atoms with van der Waals surface area (Å²) >= 11 is 0. The quantitative estimate of drug-likeness (QED) is 0.855. The van der Waals surface area contributed by atoms with E-state index in [0.29, 0.717) is 12.0 Å². The number of fused-ring (bicyclic) bond motifs is 3. The Kier molecular flexibility index (Phi) is 5.99. The Labute approximate surface area is 145 Å². The van der Waals surface area contributed by atoms with Crippen LogP contribution < -0.4 is 10.1 Å². The van der Waals surface area contributed by atoms with E-state index in [1.807, 2.05) is 0 Å². The summed E-state index contributed by atoms with van der Waals surface area (Å²) < 4.78 is 7.95. The van der Waals surface area contributed by atoms with Gasteiger partial charge in [-0.15, -0.1) is 12.4 Å². The van der Waals surface area contributed by atoms with Crippen LogP contribution in [0.5, 0.6) is 5.75 Å². The predicted molar refractivity (Wildman–Crippen MR) is 100 cm³/mol. The number of aryl methyl sites for hydroxylation is 1. The summed E-state index contributed by atoms with van der Waals surface area (Å²) in [6, 6.07) is 7.02. The van der Waals surface area contributed by atoms with Crippen LogP contribution in [0, 0.1) is 5.92 Å². The summed E-state index contributed by atoms with van der Waals surface area (Å²) in [5, 5.41) is 5.05. The highest BCUT2D eigenvalue weighted by Gasteiger charge is 2.22. The Balaban J connectivity index is 0.00000192. The SMILES string of the molecule is COc1ccc2c(c1)c(CC(C)NCC(C)C)c1n2CCC1.Cl. The monoisotopic (exact) mass is 336 g/mol. The van der Waals surface area contributed by atoms with Gasteiger partial charge >= 0.3 is 0 Å². The van der Waals surface area contributed by atoms with E-state index in [1.165, 1.54) is 29.3 Å². The fourth-order valence-corrected chi connectivity index (χ4v) is 3.57. The van der Waals surface area contributed by atoms with Crippen molar-refractivity contribution in [3.05, 3.63) is 29.5 Å². The number of benzene rings is 1. The molecular formula is C19H29ClN2O. The third-order valence-electron chi connectivity index (χ3n) is 4.67. The van der Waals surface area contributed by atoms with Crippen molar-refractivity contribution in [2.75, 3.05) is 13.7 Å². The Morgan fingerprint density at radius 2 is 2.04 bits per heavy atom. The summed E-state index contributed by atoms with van der Waals surface area (Å²) in [7, 11) is 1.75. The molecular weight excluding hydrogens is 308 g/mol. The highest BCUT2D eigenvalue weighted by atomic mass is 35.5. The van der Waals surface area contributed by atoms with Gasteiger partial charge in [0, 0.05) is 29.2 Å². The van der Waals surface area contributed by atoms with Crippen LogP contribution in [0.2, 0.25) is 0 Å². The lowest BCUT2D eigenvalue weighted by atomic mass is 10.0. The van der Waals surface area contributed by atoms with Crippen LogP contribution in [-0.2, 0) is 19.4 Å². The summed E-state index contributed by atoms with van der Waals surface area (Å²) in [6.45, 7) is 9.06. The first kappa shape index (κ1) is 18.2. The molecule has 0 saturated heterocycles. The zero-order valence-corrected chi connectivity index (χ0v) is 15.5. The van der Waals surface area contributed by atoms with Crippen molar-refractivity contribution in [2.45, 2.75) is 52.6 Å². The van der Waals surface area contributed by atoms with Gasteiger partial charge in [0.1, 0.15) is 5.75 Å². The van der Waals surface area contributed by atoms with E-state index >= 15 is 0 Å². The van der Waals surface area contributed by atoms with E-state index in [2.05, 4.69) is 48.9 Å². The standard InChI is InChI=1S/C19H28N2O.ClH/c1-13(2)12-20-14(3)10-16-17-11-15(22-4)7-8-19(17)21-9-5-6-18(16)21;/h7-8,11,13-14,20H,5-6,9-10,12H2,1-4H3;1H. The molecule has 1 unspecified atom stereocenters. The van der Waals surface area contributed by atoms with Gasteiger partial charge < -0.3 is 14.6 Å².